The summed E-state index contributed by atoms with van der Waals surface area (Å²) in [7, 11) is 0. The van der Waals surface area contributed by atoms with Crippen LogP contribution in [0.5, 0.6) is 0 Å². The minimum atomic E-state index is -0.394. The maximum Gasteiger partial charge on any atom is 0.248 e. The number of amides is 1. The highest BCUT2D eigenvalue weighted by atomic mass is 35.5. The van der Waals surface area contributed by atoms with Crippen molar-refractivity contribution in [3.63, 3.8) is 0 Å². The van der Waals surface area contributed by atoms with Gasteiger partial charge in [-0.05, 0) is 84.8 Å². The Balaban J connectivity index is 0.00000280. The van der Waals surface area contributed by atoms with Crippen LogP contribution < -0.4 is 11.1 Å². The highest BCUT2D eigenvalue weighted by Crippen LogP contribution is 2.35. The van der Waals surface area contributed by atoms with E-state index in [1.54, 1.807) is 12.1 Å². The minimum absolute atomic E-state index is 0. The average molecular weight is 403 g/mol. The quantitative estimate of drug-likeness (QED) is 0.764. The molecule has 1 aliphatic rings. The van der Waals surface area contributed by atoms with Crippen LogP contribution in [-0.2, 0) is 12.8 Å². The molecule has 0 radical (unpaired) electrons. The van der Waals surface area contributed by atoms with Crippen molar-refractivity contribution in [1.82, 2.24) is 5.32 Å². The number of nitrogens with one attached hydrogen (secondary N) is 1. The molecule has 0 spiro atoms. The van der Waals surface area contributed by atoms with Crippen LogP contribution in [0.15, 0.2) is 42.0 Å². The van der Waals surface area contributed by atoms with Gasteiger partial charge in [-0.1, -0.05) is 37.6 Å². The number of hydrogen-bond donors (Lipinski definition) is 2. The smallest absolute Gasteiger partial charge is 0.248 e. The van der Waals surface area contributed by atoms with Crippen molar-refractivity contribution in [2.45, 2.75) is 39.5 Å². The molecule has 1 aliphatic heterocycles. The van der Waals surface area contributed by atoms with Crippen LogP contribution in [0.4, 0.5) is 4.39 Å². The Morgan fingerprint density at radius 3 is 2.21 bits per heavy atom. The average Bonchev–Trinajstić information content (AvgIpc) is 2.68. The van der Waals surface area contributed by atoms with Gasteiger partial charge in [-0.15, -0.1) is 12.4 Å². The van der Waals surface area contributed by atoms with Gasteiger partial charge in [-0.3, -0.25) is 4.79 Å². The first-order valence-electron chi connectivity index (χ1n) is 9.70. The van der Waals surface area contributed by atoms with Crippen LogP contribution in [0.25, 0.3) is 5.57 Å². The fourth-order valence-electron chi connectivity index (χ4n) is 4.14. The molecule has 2 aromatic carbocycles. The van der Waals surface area contributed by atoms with Crippen molar-refractivity contribution < 1.29 is 9.18 Å². The number of benzene rings is 2. The second kappa shape index (κ2) is 9.85. The molecule has 1 saturated heterocycles. The van der Waals surface area contributed by atoms with E-state index in [-0.39, 0.29) is 18.2 Å². The molecule has 3 nitrogen and oxygen atoms in total. The molecule has 5 heteroatoms. The third-order valence-corrected chi connectivity index (χ3v) is 5.35. The van der Waals surface area contributed by atoms with Crippen LogP contribution in [-0.4, -0.2) is 19.0 Å². The summed E-state index contributed by atoms with van der Waals surface area (Å²) in [5.41, 5.74) is 12.8. The molecule has 1 heterocycles. The summed E-state index contributed by atoms with van der Waals surface area (Å²) < 4.78 is 14.0. The number of halogens is 2. The van der Waals surface area contributed by atoms with E-state index in [0.717, 1.165) is 66.6 Å². The number of carbonyl (C=O) groups excluding carboxylic acids is 1. The van der Waals surface area contributed by atoms with Gasteiger partial charge in [0.15, 0.2) is 0 Å². The number of nitrogens with two attached hydrogens (primary N) is 1. The lowest BCUT2D eigenvalue weighted by atomic mass is 9.82. The third kappa shape index (κ3) is 4.45. The van der Waals surface area contributed by atoms with E-state index in [1.165, 1.54) is 11.6 Å². The number of hydrogen-bond acceptors (Lipinski definition) is 2. The van der Waals surface area contributed by atoms with Gasteiger partial charge in [0.25, 0.3) is 0 Å². The van der Waals surface area contributed by atoms with E-state index in [1.807, 2.05) is 25.1 Å². The van der Waals surface area contributed by atoms with Gasteiger partial charge in [-0.2, -0.15) is 0 Å². The molecule has 3 rings (SSSR count). The van der Waals surface area contributed by atoms with E-state index in [0.29, 0.717) is 5.56 Å². The van der Waals surface area contributed by atoms with E-state index >= 15 is 0 Å². The van der Waals surface area contributed by atoms with Gasteiger partial charge < -0.3 is 11.1 Å². The fraction of sp³-hybridized carbons (Fsp3) is 0.348. The monoisotopic (exact) mass is 402 g/mol. The van der Waals surface area contributed by atoms with Crippen LogP contribution in [0.2, 0.25) is 0 Å². The molecule has 150 valence electrons. The molecule has 1 fully saturated rings. The molecule has 0 aliphatic carbocycles. The van der Waals surface area contributed by atoms with Crippen molar-refractivity contribution in [1.29, 1.82) is 0 Å². The van der Waals surface area contributed by atoms with E-state index in [9.17, 15) is 9.18 Å². The van der Waals surface area contributed by atoms with Crippen molar-refractivity contribution in [3.8, 4) is 0 Å². The Morgan fingerprint density at radius 2 is 1.64 bits per heavy atom. The molecule has 1 amide bonds. The number of rotatable bonds is 5. The molecule has 3 N–H and O–H groups in total. The molecule has 0 atom stereocenters. The first-order chi connectivity index (χ1) is 13.1. The Bertz CT molecular complexity index is 884. The standard InChI is InChI=1S/C23H27FN2O.ClH/c1-3-18-19(4-2)21(23(25)27)9-8-20(18)22(15-10-12-26-13-11-15)16-6-5-7-17(24)14-16;/h5-9,14,26H,3-4,10-13H2,1-2H3,(H2,25,27);1H. The van der Waals surface area contributed by atoms with E-state index in [2.05, 4.69) is 12.2 Å². The molecule has 2 aromatic rings. The first kappa shape index (κ1) is 22.1. The number of piperidine rings is 1. The summed E-state index contributed by atoms with van der Waals surface area (Å²) in [6, 6.07) is 10.6. The normalized spacial score (nSPS) is 13.8. The van der Waals surface area contributed by atoms with Gasteiger partial charge in [0.05, 0.1) is 0 Å². The lowest BCUT2D eigenvalue weighted by molar-refractivity contribution is 0.0999. The van der Waals surface area contributed by atoms with Gasteiger partial charge in [0.2, 0.25) is 5.91 Å². The topological polar surface area (TPSA) is 55.1 Å². The second-order valence-electron chi connectivity index (χ2n) is 6.93. The van der Waals surface area contributed by atoms with Gasteiger partial charge in [-0.25, -0.2) is 4.39 Å². The fourth-order valence-corrected chi connectivity index (χ4v) is 4.14. The highest BCUT2D eigenvalue weighted by Gasteiger charge is 2.21. The van der Waals surface area contributed by atoms with Crippen molar-refractivity contribution in [3.05, 3.63) is 75.6 Å². The molecular weight excluding hydrogens is 375 g/mol. The summed E-state index contributed by atoms with van der Waals surface area (Å²) in [6.45, 7) is 5.99. The summed E-state index contributed by atoms with van der Waals surface area (Å²) >= 11 is 0. The van der Waals surface area contributed by atoms with Gasteiger partial charge in [0.1, 0.15) is 5.82 Å². The van der Waals surface area contributed by atoms with Crippen molar-refractivity contribution in [2.75, 3.05) is 13.1 Å². The summed E-state index contributed by atoms with van der Waals surface area (Å²) in [6.07, 6.45) is 3.41. The maximum absolute atomic E-state index is 14.0. The van der Waals surface area contributed by atoms with Crippen molar-refractivity contribution >= 4 is 23.9 Å². The van der Waals surface area contributed by atoms with Crippen LogP contribution in [0.3, 0.4) is 0 Å². The first-order valence-corrected chi connectivity index (χ1v) is 9.70. The van der Waals surface area contributed by atoms with Crippen molar-refractivity contribution in [2.24, 2.45) is 5.73 Å². The zero-order chi connectivity index (χ0) is 19.4. The zero-order valence-electron chi connectivity index (χ0n) is 16.5. The summed E-state index contributed by atoms with van der Waals surface area (Å²) in [5.74, 6) is -0.628. The van der Waals surface area contributed by atoms with Crippen LogP contribution in [0.1, 0.15) is 59.3 Å². The van der Waals surface area contributed by atoms with Gasteiger partial charge in [0, 0.05) is 5.56 Å². The van der Waals surface area contributed by atoms with Crippen LogP contribution >= 0.6 is 12.4 Å². The number of primary amides is 1. The maximum atomic E-state index is 14.0. The summed E-state index contributed by atoms with van der Waals surface area (Å²) in [5, 5.41) is 3.39. The number of carbonyl (C=O) groups is 1. The predicted molar refractivity (Wildman–Crippen MR) is 115 cm³/mol. The van der Waals surface area contributed by atoms with E-state index < -0.39 is 5.91 Å². The Morgan fingerprint density at radius 1 is 1.04 bits per heavy atom. The van der Waals surface area contributed by atoms with Crippen LogP contribution in [0, 0.1) is 5.82 Å². The highest BCUT2D eigenvalue weighted by molar-refractivity contribution is 5.96. The minimum Gasteiger partial charge on any atom is -0.366 e. The largest absolute Gasteiger partial charge is 0.366 e. The predicted octanol–water partition coefficient (Wildman–Crippen LogP) is 4.66. The van der Waals surface area contributed by atoms with E-state index in [4.69, 9.17) is 5.73 Å². The third-order valence-electron chi connectivity index (χ3n) is 5.35. The molecule has 0 unspecified atom stereocenters. The van der Waals surface area contributed by atoms with Gasteiger partial charge >= 0.3 is 0 Å². The molecule has 0 bridgehead atoms. The Hall–Kier alpha value is -2.17. The SMILES string of the molecule is CCc1c(C(N)=O)ccc(C(=C2CCNCC2)c2cccc(F)c2)c1CC.Cl. The lowest BCUT2D eigenvalue weighted by Gasteiger charge is -2.24. The molecular formula is C23H28ClFN2O. The zero-order valence-corrected chi connectivity index (χ0v) is 17.3. The Labute approximate surface area is 172 Å². The molecule has 0 saturated carbocycles. The Kier molecular flexibility index (Phi) is 7.78. The second-order valence-corrected chi connectivity index (χ2v) is 6.93. The lowest BCUT2D eigenvalue weighted by Crippen LogP contribution is -2.24. The molecule has 28 heavy (non-hydrogen) atoms. The summed E-state index contributed by atoms with van der Waals surface area (Å²) in [4.78, 5) is 11.9. The molecule has 0 aromatic heterocycles.